The summed E-state index contributed by atoms with van der Waals surface area (Å²) in [5, 5.41) is 10.7. The molecule has 2 nitrogen and oxygen atoms in total. The van der Waals surface area contributed by atoms with Gasteiger partial charge in [0.25, 0.3) is 0 Å². The number of ether oxygens (including phenoxy) is 1. The summed E-state index contributed by atoms with van der Waals surface area (Å²) in [6.45, 7) is 8.10. The summed E-state index contributed by atoms with van der Waals surface area (Å²) in [6.07, 6.45) is -0.597. The second kappa shape index (κ2) is 5.68. The Morgan fingerprint density at radius 1 is 0.850 bits per heavy atom. The fraction of sp³-hybridized carbons (Fsp3) is 0.333. The number of benzene rings is 2. The van der Waals surface area contributed by atoms with Crippen LogP contribution >= 0.6 is 0 Å². The summed E-state index contributed by atoms with van der Waals surface area (Å²) < 4.78 is 5.32. The predicted octanol–water partition coefficient (Wildman–Crippen LogP) is 4.01. The van der Waals surface area contributed by atoms with Crippen molar-refractivity contribution in [2.45, 2.75) is 33.8 Å². The molecule has 0 aliphatic heterocycles. The van der Waals surface area contributed by atoms with Crippen LogP contribution in [0.2, 0.25) is 0 Å². The molecule has 106 valence electrons. The molecule has 1 unspecified atom stereocenters. The minimum absolute atomic E-state index is 0.597. The van der Waals surface area contributed by atoms with E-state index in [-0.39, 0.29) is 0 Å². The topological polar surface area (TPSA) is 29.5 Å². The SMILES string of the molecule is COc1cc(C)c(C(O)c2ccc(C)cc2C)cc1C. The van der Waals surface area contributed by atoms with E-state index in [1.165, 1.54) is 5.56 Å². The third-order valence-electron chi connectivity index (χ3n) is 3.80. The van der Waals surface area contributed by atoms with Gasteiger partial charge in [-0.25, -0.2) is 0 Å². The van der Waals surface area contributed by atoms with Gasteiger partial charge in [-0.1, -0.05) is 23.8 Å². The largest absolute Gasteiger partial charge is 0.496 e. The molecule has 2 aromatic carbocycles. The highest BCUT2D eigenvalue weighted by atomic mass is 16.5. The van der Waals surface area contributed by atoms with Crippen molar-refractivity contribution < 1.29 is 9.84 Å². The van der Waals surface area contributed by atoms with Gasteiger partial charge in [-0.05, 0) is 67.6 Å². The van der Waals surface area contributed by atoms with E-state index in [2.05, 4.69) is 13.0 Å². The predicted molar refractivity (Wildman–Crippen MR) is 82.4 cm³/mol. The Morgan fingerprint density at radius 3 is 2.10 bits per heavy atom. The van der Waals surface area contributed by atoms with E-state index in [1.54, 1.807) is 7.11 Å². The second-order valence-corrected chi connectivity index (χ2v) is 5.44. The molecule has 0 aliphatic rings. The first kappa shape index (κ1) is 14.6. The second-order valence-electron chi connectivity index (χ2n) is 5.44. The molecule has 20 heavy (non-hydrogen) atoms. The summed E-state index contributed by atoms with van der Waals surface area (Å²) >= 11 is 0. The number of aryl methyl sites for hydroxylation is 4. The highest BCUT2D eigenvalue weighted by molar-refractivity contribution is 5.46. The lowest BCUT2D eigenvalue weighted by Crippen LogP contribution is -2.05. The van der Waals surface area contributed by atoms with E-state index < -0.39 is 6.10 Å². The van der Waals surface area contributed by atoms with E-state index in [0.29, 0.717) is 0 Å². The first-order valence-electron chi connectivity index (χ1n) is 6.84. The third-order valence-corrected chi connectivity index (χ3v) is 3.80. The minimum Gasteiger partial charge on any atom is -0.496 e. The Kier molecular flexibility index (Phi) is 4.15. The number of hydrogen-bond acceptors (Lipinski definition) is 2. The fourth-order valence-corrected chi connectivity index (χ4v) is 2.63. The summed E-state index contributed by atoms with van der Waals surface area (Å²) in [4.78, 5) is 0. The van der Waals surface area contributed by atoms with Crippen LogP contribution in [0.5, 0.6) is 5.75 Å². The molecule has 0 saturated heterocycles. The van der Waals surface area contributed by atoms with Crippen LogP contribution in [0.4, 0.5) is 0 Å². The van der Waals surface area contributed by atoms with Crippen LogP contribution in [-0.4, -0.2) is 12.2 Å². The van der Waals surface area contributed by atoms with Crippen LogP contribution in [0.25, 0.3) is 0 Å². The normalized spacial score (nSPS) is 12.3. The van der Waals surface area contributed by atoms with Gasteiger partial charge in [0.2, 0.25) is 0 Å². The molecule has 0 aromatic heterocycles. The van der Waals surface area contributed by atoms with Crippen molar-refractivity contribution in [1.29, 1.82) is 0 Å². The molecular formula is C18H22O2. The lowest BCUT2D eigenvalue weighted by Gasteiger charge is -2.19. The highest BCUT2D eigenvalue weighted by Crippen LogP contribution is 2.31. The molecule has 0 bridgehead atoms. The number of rotatable bonds is 3. The van der Waals surface area contributed by atoms with E-state index in [0.717, 1.165) is 33.6 Å². The summed E-state index contributed by atoms with van der Waals surface area (Å²) in [7, 11) is 1.67. The van der Waals surface area contributed by atoms with Crippen LogP contribution in [0.1, 0.15) is 39.5 Å². The standard InChI is InChI=1S/C18H22O2/c1-11-6-7-15(12(2)8-11)18(19)16-9-14(4)17(20-5)10-13(16)3/h6-10,18-19H,1-5H3. The van der Waals surface area contributed by atoms with Crippen LogP contribution in [0, 0.1) is 27.7 Å². The van der Waals surface area contributed by atoms with Gasteiger partial charge in [-0.2, -0.15) is 0 Å². The Bertz CT molecular complexity index is 630. The Balaban J connectivity index is 2.48. The van der Waals surface area contributed by atoms with E-state index >= 15 is 0 Å². The molecule has 0 saturated carbocycles. The van der Waals surface area contributed by atoms with Crippen LogP contribution < -0.4 is 4.74 Å². The Hall–Kier alpha value is -1.80. The van der Waals surface area contributed by atoms with Gasteiger partial charge in [0.05, 0.1) is 7.11 Å². The average molecular weight is 270 g/mol. The molecule has 0 spiro atoms. The first-order valence-corrected chi connectivity index (χ1v) is 6.84. The number of methoxy groups -OCH3 is 1. The van der Waals surface area contributed by atoms with Crippen molar-refractivity contribution in [3.63, 3.8) is 0 Å². The molecule has 1 atom stereocenters. The zero-order chi connectivity index (χ0) is 14.9. The molecule has 0 aliphatic carbocycles. The number of aliphatic hydroxyl groups excluding tert-OH is 1. The third kappa shape index (κ3) is 2.70. The summed E-state index contributed by atoms with van der Waals surface area (Å²) in [5.41, 5.74) is 6.31. The van der Waals surface area contributed by atoms with Crippen molar-refractivity contribution in [3.8, 4) is 5.75 Å². The quantitative estimate of drug-likeness (QED) is 0.913. The minimum atomic E-state index is -0.597. The van der Waals surface area contributed by atoms with Gasteiger partial charge in [0.1, 0.15) is 11.9 Å². The lowest BCUT2D eigenvalue weighted by molar-refractivity contribution is 0.218. The Labute approximate surface area is 121 Å². The first-order chi connectivity index (χ1) is 9.43. The van der Waals surface area contributed by atoms with Crippen molar-refractivity contribution in [2.75, 3.05) is 7.11 Å². The van der Waals surface area contributed by atoms with Crippen LogP contribution in [-0.2, 0) is 0 Å². The number of aliphatic hydroxyl groups is 1. The average Bonchev–Trinajstić information content (AvgIpc) is 2.40. The van der Waals surface area contributed by atoms with Gasteiger partial charge >= 0.3 is 0 Å². The molecule has 1 N–H and O–H groups in total. The maximum absolute atomic E-state index is 10.7. The fourth-order valence-electron chi connectivity index (χ4n) is 2.63. The number of hydrogen-bond donors (Lipinski definition) is 1. The van der Waals surface area contributed by atoms with E-state index in [1.807, 2.05) is 45.0 Å². The van der Waals surface area contributed by atoms with Crippen LogP contribution in [0.15, 0.2) is 30.3 Å². The van der Waals surface area contributed by atoms with Crippen molar-refractivity contribution in [3.05, 3.63) is 63.7 Å². The van der Waals surface area contributed by atoms with Gasteiger partial charge in [-0.15, -0.1) is 0 Å². The highest BCUT2D eigenvalue weighted by Gasteiger charge is 2.16. The monoisotopic (exact) mass is 270 g/mol. The smallest absolute Gasteiger partial charge is 0.122 e. The van der Waals surface area contributed by atoms with Gasteiger partial charge in [-0.3, -0.25) is 0 Å². The Morgan fingerprint density at radius 2 is 1.50 bits per heavy atom. The van der Waals surface area contributed by atoms with Crippen molar-refractivity contribution in [1.82, 2.24) is 0 Å². The van der Waals surface area contributed by atoms with Crippen molar-refractivity contribution >= 4 is 0 Å². The lowest BCUT2D eigenvalue weighted by atomic mass is 9.92. The summed E-state index contributed by atoms with van der Waals surface area (Å²) in [6, 6.07) is 10.1. The summed E-state index contributed by atoms with van der Waals surface area (Å²) in [5.74, 6) is 0.860. The molecule has 2 rings (SSSR count). The maximum Gasteiger partial charge on any atom is 0.122 e. The van der Waals surface area contributed by atoms with E-state index in [9.17, 15) is 5.11 Å². The zero-order valence-corrected chi connectivity index (χ0v) is 12.8. The van der Waals surface area contributed by atoms with Gasteiger partial charge in [0.15, 0.2) is 0 Å². The molecule has 2 heteroatoms. The molecule has 0 radical (unpaired) electrons. The van der Waals surface area contributed by atoms with Gasteiger partial charge in [0, 0.05) is 0 Å². The van der Waals surface area contributed by atoms with Gasteiger partial charge < -0.3 is 9.84 Å². The van der Waals surface area contributed by atoms with Crippen LogP contribution in [0.3, 0.4) is 0 Å². The molecule has 0 heterocycles. The van der Waals surface area contributed by atoms with E-state index in [4.69, 9.17) is 4.74 Å². The molecule has 2 aromatic rings. The van der Waals surface area contributed by atoms with Crippen molar-refractivity contribution in [2.24, 2.45) is 0 Å². The zero-order valence-electron chi connectivity index (χ0n) is 12.8. The molecule has 0 amide bonds. The maximum atomic E-state index is 10.7. The molecular weight excluding hydrogens is 248 g/mol. The molecule has 0 fully saturated rings.